The molecule has 0 amide bonds. The summed E-state index contributed by atoms with van der Waals surface area (Å²) in [4.78, 5) is 14.0. The van der Waals surface area contributed by atoms with Crippen LogP contribution in [0.4, 0.5) is 5.95 Å². The van der Waals surface area contributed by atoms with E-state index in [1.54, 1.807) is 19.3 Å². The molecule has 0 aliphatic heterocycles. The molecule has 1 aromatic rings. The molecule has 1 saturated carbocycles. The summed E-state index contributed by atoms with van der Waals surface area (Å²) in [5, 5.41) is 20.6. The van der Waals surface area contributed by atoms with Gasteiger partial charge in [-0.25, -0.2) is 4.57 Å². The van der Waals surface area contributed by atoms with Crippen molar-refractivity contribution in [3.8, 4) is 0 Å². The van der Waals surface area contributed by atoms with Crippen LogP contribution in [-0.4, -0.2) is 27.4 Å². The summed E-state index contributed by atoms with van der Waals surface area (Å²) < 4.78 is 1.54. The Balaban J connectivity index is 2.52. The third-order valence-corrected chi connectivity index (χ3v) is 2.48. The van der Waals surface area contributed by atoms with Crippen molar-refractivity contribution in [1.29, 1.82) is 0 Å². The normalized spacial score (nSPS) is 19.9. The van der Waals surface area contributed by atoms with E-state index in [1.807, 2.05) is 0 Å². The summed E-state index contributed by atoms with van der Waals surface area (Å²) in [6.07, 6.45) is 3.22. The average Bonchev–Trinajstić information content (AvgIpc) is 2.81. The van der Waals surface area contributed by atoms with Gasteiger partial charge in [-0.05, 0) is 24.7 Å². The van der Waals surface area contributed by atoms with E-state index in [-0.39, 0.29) is 12.0 Å². The molecule has 1 N–H and O–H groups in total. The number of hydrogen-bond donors (Lipinski definition) is 1. The highest BCUT2D eigenvalue weighted by molar-refractivity contribution is 6.14. The summed E-state index contributed by atoms with van der Waals surface area (Å²) in [5.74, 6) is -0.172. The van der Waals surface area contributed by atoms with Gasteiger partial charge in [0.05, 0.1) is 11.5 Å². The van der Waals surface area contributed by atoms with E-state index in [4.69, 9.17) is 0 Å². The third kappa shape index (κ3) is 1.74. The molecule has 15 heavy (non-hydrogen) atoms. The lowest BCUT2D eigenvalue weighted by Crippen LogP contribution is -2.25. The van der Waals surface area contributed by atoms with Gasteiger partial charge in [0.2, 0.25) is 0 Å². The van der Waals surface area contributed by atoms with Crippen LogP contribution in [0.2, 0.25) is 0 Å². The van der Waals surface area contributed by atoms with Crippen LogP contribution in [0.15, 0.2) is 6.20 Å². The van der Waals surface area contributed by atoms with Gasteiger partial charge in [-0.3, -0.25) is 0 Å². The highest BCUT2D eigenvalue weighted by atomic mass is 16.6. The Bertz CT molecular complexity index is 406. The molecule has 1 aromatic heterocycles. The van der Waals surface area contributed by atoms with Gasteiger partial charge >= 0.3 is 5.95 Å². The molecule has 1 aliphatic carbocycles. The van der Waals surface area contributed by atoms with Crippen molar-refractivity contribution in [3.05, 3.63) is 22.0 Å². The van der Waals surface area contributed by atoms with Gasteiger partial charge in [-0.1, -0.05) is 4.98 Å². The van der Waals surface area contributed by atoms with Gasteiger partial charge < -0.3 is 15.2 Å². The second-order valence-electron chi connectivity index (χ2n) is 4.36. The van der Waals surface area contributed by atoms with Crippen molar-refractivity contribution in [3.63, 3.8) is 0 Å². The number of nitro groups is 1. The standard InChI is InChI=1S/C8H12BN3O3/c1-8(9,13)6-4-10-7(12(14)15)11(6)5-2-3-5/h4-5,13H,2-3,9H2,1H3. The van der Waals surface area contributed by atoms with Crippen LogP contribution in [0.25, 0.3) is 0 Å². The first-order chi connectivity index (χ1) is 6.91. The van der Waals surface area contributed by atoms with Crippen LogP contribution in [0.1, 0.15) is 31.5 Å². The van der Waals surface area contributed by atoms with Crippen molar-refractivity contribution in [2.45, 2.75) is 31.3 Å². The van der Waals surface area contributed by atoms with Gasteiger partial charge in [0.25, 0.3) is 0 Å². The highest BCUT2D eigenvalue weighted by Crippen LogP contribution is 2.40. The van der Waals surface area contributed by atoms with E-state index >= 15 is 0 Å². The van der Waals surface area contributed by atoms with E-state index in [0.29, 0.717) is 5.69 Å². The predicted molar refractivity (Wildman–Crippen MR) is 55.3 cm³/mol. The van der Waals surface area contributed by atoms with E-state index in [1.165, 1.54) is 6.20 Å². The quantitative estimate of drug-likeness (QED) is 0.429. The van der Waals surface area contributed by atoms with E-state index in [2.05, 4.69) is 4.98 Å². The molecular weight excluding hydrogens is 197 g/mol. The van der Waals surface area contributed by atoms with Crippen LogP contribution in [0, 0.1) is 10.1 Å². The SMILES string of the molecule is BC(C)(O)c1cnc([N+](=O)[O-])n1C1CC1. The van der Waals surface area contributed by atoms with Crippen LogP contribution < -0.4 is 0 Å². The first-order valence-corrected chi connectivity index (χ1v) is 4.85. The number of aromatic nitrogens is 2. The molecular formula is C8H12BN3O3. The lowest BCUT2D eigenvalue weighted by atomic mass is 9.81. The summed E-state index contributed by atoms with van der Waals surface area (Å²) in [6.45, 7) is 1.60. The third-order valence-electron chi connectivity index (χ3n) is 2.48. The van der Waals surface area contributed by atoms with Crippen molar-refractivity contribution in [2.24, 2.45) is 0 Å². The van der Waals surface area contributed by atoms with Crippen LogP contribution in [-0.2, 0) is 5.50 Å². The Morgan fingerprint density at radius 2 is 2.40 bits per heavy atom. The van der Waals surface area contributed by atoms with Gasteiger partial charge in [0.1, 0.15) is 11.9 Å². The Morgan fingerprint density at radius 1 is 1.80 bits per heavy atom. The molecule has 0 radical (unpaired) electrons. The Kier molecular flexibility index (Phi) is 2.07. The molecule has 1 aliphatic rings. The molecule has 1 atom stereocenters. The number of nitrogens with zero attached hydrogens (tertiary/aromatic N) is 3. The zero-order valence-electron chi connectivity index (χ0n) is 8.67. The van der Waals surface area contributed by atoms with Crippen molar-refractivity contribution >= 4 is 13.8 Å². The second kappa shape index (κ2) is 3.06. The van der Waals surface area contributed by atoms with E-state index in [9.17, 15) is 15.2 Å². The molecule has 0 bridgehead atoms. The lowest BCUT2D eigenvalue weighted by molar-refractivity contribution is -0.397. The van der Waals surface area contributed by atoms with Gasteiger partial charge in [0.15, 0.2) is 7.85 Å². The van der Waals surface area contributed by atoms with Crippen LogP contribution in [0.3, 0.4) is 0 Å². The highest BCUT2D eigenvalue weighted by Gasteiger charge is 2.39. The molecule has 1 unspecified atom stereocenters. The molecule has 1 heterocycles. The number of aliphatic hydroxyl groups is 1. The number of imidazole rings is 1. The van der Waals surface area contributed by atoms with Gasteiger partial charge in [0, 0.05) is 0 Å². The minimum Gasteiger partial charge on any atom is -0.392 e. The molecule has 80 valence electrons. The smallest absolute Gasteiger partial charge is 0.392 e. The molecule has 6 nitrogen and oxygen atoms in total. The van der Waals surface area contributed by atoms with Gasteiger partial charge in [-0.15, -0.1) is 0 Å². The van der Waals surface area contributed by atoms with Gasteiger partial charge in [-0.2, -0.15) is 0 Å². The molecule has 0 saturated heterocycles. The van der Waals surface area contributed by atoms with Crippen LogP contribution >= 0.6 is 0 Å². The van der Waals surface area contributed by atoms with Crippen molar-refractivity contribution in [1.82, 2.24) is 9.55 Å². The maximum absolute atomic E-state index is 10.7. The van der Waals surface area contributed by atoms with E-state index < -0.39 is 10.4 Å². The monoisotopic (exact) mass is 209 g/mol. The second-order valence-corrected chi connectivity index (χ2v) is 4.36. The zero-order valence-corrected chi connectivity index (χ0v) is 8.67. The largest absolute Gasteiger partial charge is 0.435 e. The fourth-order valence-corrected chi connectivity index (χ4v) is 1.63. The van der Waals surface area contributed by atoms with E-state index in [0.717, 1.165) is 12.8 Å². The first kappa shape index (κ1) is 10.2. The fourth-order valence-electron chi connectivity index (χ4n) is 1.63. The molecule has 0 spiro atoms. The molecule has 7 heteroatoms. The number of hydrogen-bond acceptors (Lipinski definition) is 4. The summed E-state index contributed by atoms with van der Waals surface area (Å²) in [5.41, 5.74) is -0.583. The maximum atomic E-state index is 10.7. The Labute approximate surface area is 87.5 Å². The van der Waals surface area contributed by atoms with Crippen molar-refractivity contribution < 1.29 is 10.0 Å². The lowest BCUT2D eigenvalue weighted by Gasteiger charge is -2.16. The molecule has 2 rings (SSSR count). The molecule has 0 aromatic carbocycles. The molecule has 1 fully saturated rings. The number of rotatable bonds is 3. The average molecular weight is 209 g/mol. The minimum atomic E-state index is -1.09. The summed E-state index contributed by atoms with van der Waals surface area (Å²) in [6, 6.07) is 0.134. The maximum Gasteiger partial charge on any atom is 0.435 e. The predicted octanol–water partition coefficient (Wildman–Crippen LogP) is -0.0757. The zero-order chi connectivity index (χ0) is 11.2. The summed E-state index contributed by atoms with van der Waals surface area (Å²) >= 11 is 0. The van der Waals surface area contributed by atoms with Crippen LogP contribution in [0.5, 0.6) is 0 Å². The summed E-state index contributed by atoms with van der Waals surface area (Å²) in [7, 11) is 1.60. The Morgan fingerprint density at radius 3 is 2.80 bits per heavy atom. The van der Waals surface area contributed by atoms with Crippen molar-refractivity contribution in [2.75, 3.05) is 0 Å². The minimum absolute atomic E-state index is 0.134. The fraction of sp³-hybridized carbons (Fsp3) is 0.625. The Hall–Kier alpha value is -1.37. The first-order valence-electron chi connectivity index (χ1n) is 4.85. The topological polar surface area (TPSA) is 81.2 Å².